The predicted molar refractivity (Wildman–Crippen MR) is 110 cm³/mol. The molecule has 146 valence electrons. The van der Waals surface area contributed by atoms with Crippen molar-refractivity contribution in [3.63, 3.8) is 0 Å². The highest BCUT2D eigenvalue weighted by molar-refractivity contribution is 7.80. The molecule has 1 aromatic carbocycles. The number of amides is 1. The highest BCUT2D eigenvalue weighted by atomic mass is 32.1. The van der Waals surface area contributed by atoms with Crippen LogP contribution in [0.25, 0.3) is 6.08 Å². The third kappa shape index (κ3) is 5.35. The molecule has 3 N–H and O–H groups in total. The minimum Gasteiger partial charge on any atom is -0.493 e. The van der Waals surface area contributed by atoms with E-state index in [0.717, 1.165) is 41.9 Å². The fraction of sp³-hybridized carbons (Fsp3) is 0.500. The number of fused-ring (bicyclic) bond motifs is 1. The third-order valence-electron chi connectivity index (χ3n) is 4.73. The molecule has 6 nitrogen and oxygen atoms in total. The lowest BCUT2D eigenvalue weighted by atomic mass is 10.1. The van der Waals surface area contributed by atoms with Crippen molar-refractivity contribution in [1.82, 2.24) is 16.2 Å². The minimum atomic E-state index is -0.289. The molecule has 1 aliphatic heterocycles. The van der Waals surface area contributed by atoms with Crippen molar-refractivity contribution in [2.75, 3.05) is 6.61 Å². The molecule has 0 aromatic heterocycles. The Labute approximate surface area is 165 Å². The van der Waals surface area contributed by atoms with Crippen LogP contribution in [0, 0.1) is 0 Å². The lowest BCUT2D eigenvalue weighted by molar-refractivity contribution is -0.116. The summed E-state index contributed by atoms with van der Waals surface area (Å²) in [6, 6.07) is 4.33. The van der Waals surface area contributed by atoms with E-state index in [9.17, 15) is 4.79 Å². The summed E-state index contributed by atoms with van der Waals surface area (Å²) in [5.74, 6) is 1.32. The van der Waals surface area contributed by atoms with E-state index < -0.39 is 0 Å². The standard InChI is InChI=1S/C20H27N3O3S/c1-3-25-17-12-15-10-13(2)26-18(15)11-14(17)8-9-19(24)22-23-20(27)21-16-6-4-5-7-16/h8-9,11-13,16H,3-7,10H2,1-2H3,(H,22,24)(H2,21,23,27)/b9-8+/t13-/m1/s1. The Morgan fingerprint density at radius 1 is 1.33 bits per heavy atom. The zero-order valence-corrected chi connectivity index (χ0v) is 16.7. The Morgan fingerprint density at radius 2 is 2.11 bits per heavy atom. The van der Waals surface area contributed by atoms with Crippen LogP contribution in [-0.4, -0.2) is 29.8 Å². The Kier molecular flexibility index (Phi) is 6.55. The Balaban J connectivity index is 1.57. The fourth-order valence-electron chi connectivity index (χ4n) is 3.48. The number of carbonyl (C=O) groups is 1. The van der Waals surface area contributed by atoms with Gasteiger partial charge in [-0.15, -0.1) is 0 Å². The quantitative estimate of drug-likeness (QED) is 0.409. The van der Waals surface area contributed by atoms with Gasteiger partial charge in [0.2, 0.25) is 0 Å². The Morgan fingerprint density at radius 3 is 2.85 bits per heavy atom. The molecule has 27 heavy (non-hydrogen) atoms. The second-order valence-electron chi connectivity index (χ2n) is 6.97. The molecule has 0 unspecified atom stereocenters. The first-order valence-electron chi connectivity index (χ1n) is 9.56. The molecular weight excluding hydrogens is 362 g/mol. The average Bonchev–Trinajstić information content (AvgIpc) is 3.26. The average molecular weight is 390 g/mol. The summed E-state index contributed by atoms with van der Waals surface area (Å²) in [5.41, 5.74) is 7.28. The van der Waals surface area contributed by atoms with Gasteiger partial charge in [-0.2, -0.15) is 0 Å². The first kappa shape index (κ1) is 19.5. The van der Waals surface area contributed by atoms with Gasteiger partial charge < -0.3 is 14.8 Å². The normalized spacial score (nSPS) is 18.8. The molecule has 1 heterocycles. The maximum atomic E-state index is 12.1. The van der Waals surface area contributed by atoms with Crippen LogP contribution in [0.5, 0.6) is 11.5 Å². The van der Waals surface area contributed by atoms with E-state index >= 15 is 0 Å². The van der Waals surface area contributed by atoms with Crippen LogP contribution in [0.2, 0.25) is 0 Å². The molecular formula is C20H27N3O3S. The molecule has 1 amide bonds. The highest BCUT2D eigenvalue weighted by Crippen LogP contribution is 2.35. The second-order valence-corrected chi connectivity index (χ2v) is 7.37. The van der Waals surface area contributed by atoms with Crippen molar-refractivity contribution in [2.24, 2.45) is 0 Å². The van der Waals surface area contributed by atoms with Crippen molar-refractivity contribution < 1.29 is 14.3 Å². The summed E-state index contributed by atoms with van der Waals surface area (Å²) < 4.78 is 11.5. The van der Waals surface area contributed by atoms with Crippen LogP contribution in [0.15, 0.2) is 18.2 Å². The van der Waals surface area contributed by atoms with Gasteiger partial charge in [-0.1, -0.05) is 12.8 Å². The zero-order valence-electron chi connectivity index (χ0n) is 15.8. The summed E-state index contributed by atoms with van der Waals surface area (Å²) in [5, 5.41) is 3.65. The van der Waals surface area contributed by atoms with Gasteiger partial charge in [0.15, 0.2) is 5.11 Å². The molecule has 0 radical (unpaired) electrons. The summed E-state index contributed by atoms with van der Waals surface area (Å²) in [7, 11) is 0. The Bertz CT molecular complexity index is 729. The van der Waals surface area contributed by atoms with Gasteiger partial charge in [-0.25, -0.2) is 0 Å². The van der Waals surface area contributed by atoms with Crippen molar-refractivity contribution >= 4 is 29.3 Å². The molecule has 1 aliphatic carbocycles. The fourth-order valence-corrected chi connectivity index (χ4v) is 3.70. The van der Waals surface area contributed by atoms with Crippen LogP contribution < -0.4 is 25.6 Å². The van der Waals surface area contributed by atoms with Crippen molar-refractivity contribution in [1.29, 1.82) is 0 Å². The van der Waals surface area contributed by atoms with E-state index in [1.54, 1.807) is 6.08 Å². The maximum absolute atomic E-state index is 12.1. The molecule has 0 saturated heterocycles. The molecule has 2 aliphatic rings. The predicted octanol–water partition coefficient (Wildman–Crippen LogP) is 2.86. The van der Waals surface area contributed by atoms with E-state index in [0.29, 0.717) is 17.8 Å². The van der Waals surface area contributed by atoms with Gasteiger partial charge in [-0.05, 0) is 57.1 Å². The van der Waals surface area contributed by atoms with Crippen molar-refractivity contribution in [3.8, 4) is 11.5 Å². The lowest BCUT2D eigenvalue weighted by Gasteiger charge is -2.15. The highest BCUT2D eigenvalue weighted by Gasteiger charge is 2.21. The molecule has 3 rings (SSSR count). The number of carbonyl (C=O) groups excluding carboxylic acids is 1. The largest absolute Gasteiger partial charge is 0.493 e. The zero-order chi connectivity index (χ0) is 19.2. The van der Waals surface area contributed by atoms with Gasteiger partial charge >= 0.3 is 0 Å². The van der Waals surface area contributed by atoms with Crippen LogP contribution in [0.3, 0.4) is 0 Å². The van der Waals surface area contributed by atoms with Crippen molar-refractivity contribution in [2.45, 2.75) is 58.1 Å². The molecule has 1 atom stereocenters. The smallest absolute Gasteiger partial charge is 0.262 e. The van der Waals surface area contributed by atoms with Crippen LogP contribution >= 0.6 is 12.2 Å². The summed E-state index contributed by atoms with van der Waals surface area (Å²) in [4.78, 5) is 12.1. The topological polar surface area (TPSA) is 71.6 Å². The number of hydrogen-bond acceptors (Lipinski definition) is 4. The molecule has 0 spiro atoms. The van der Waals surface area contributed by atoms with Gasteiger partial charge in [0.25, 0.3) is 5.91 Å². The van der Waals surface area contributed by atoms with E-state index in [1.807, 2.05) is 26.0 Å². The molecule has 1 aromatic rings. The summed E-state index contributed by atoms with van der Waals surface area (Å²) in [6.07, 6.45) is 8.89. The van der Waals surface area contributed by atoms with E-state index in [-0.39, 0.29) is 12.0 Å². The van der Waals surface area contributed by atoms with E-state index in [1.165, 1.54) is 18.9 Å². The monoisotopic (exact) mass is 389 g/mol. The molecule has 0 bridgehead atoms. The third-order valence-corrected chi connectivity index (χ3v) is 4.95. The maximum Gasteiger partial charge on any atom is 0.262 e. The number of rotatable bonds is 5. The van der Waals surface area contributed by atoms with Crippen LogP contribution in [0.4, 0.5) is 0 Å². The van der Waals surface area contributed by atoms with Crippen LogP contribution in [-0.2, 0) is 11.2 Å². The van der Waals surface area contributed by atoms with E-state index in [4.69, 9.17) is 21.7 Å². The van der Waals surface area contributed by atoms with Crippen LogP contribution in [0.1, 0.15) is 50.7 Å². The molecule has 1 saturated carbocycles. The van der Waals surface area contributed by atoms with Gasteiger partial charge in [0, 0.05) is 29.7 Å². The first-order valence-corrected chi connectivity index (χ1v) is 9.97. The first-order chi connectivity index (χ1) is 13.0. The molecule has 7 heteroatoms. The van der Waals surface area contributed by atoms with Gasteiger partial charge in [0.05, 0.1) is 6.61 Å². The molecule has 1 fully saturated rings. The van der Waals surface area contributed by atoms with Gasteiger partial charge in [0.1, 0.15) is 17.6 Å². The number of benzene rings is 1. The second kappa shape index (κ2) is 9.08. The van der Waals surface area contributed by atoms with Crippen molar-refractivity contribution in [3.05, 3.63) is 29.3 Å². The minimum absolute atomic E-state index is 0.162. The van der Waals surface area contributed by atoms with E-state index in [2.05, 4.69) is 16.2 Å². The number of hydrazine groups is 1. The lowest BCUT2D eigenvalue weighted by Crippen LogP contribution is -2.48. The number of thiocarbonyl (C=S) groups is 1. The number of hydrogen-bond donors (Lipinski definition) is 3. The Hall–Kier alpha value is -2.28. The SMILES string of the molecule is CCOc1cc2c(cc1/C=C/C(=O)NNC(=S)NC1CCCC1)O[C@H](C)C2. The number of ether oxygens (including phenoxy) is 2. The summed E-state index contributed by atoms with van der Waals surface area (Å²) in [6.45, 7) is 4.54. The number of nitrogens with one attached hydrogen (secondary N) is 3. The van der Waals surface area contributed by atoms with Gasteiger partial charge in [-0.3, -0.25) is 15.6 Å². The summed E-state index contributed by atoms with van der Waals surface area (Å²) >= 11 is 5.21.